The molecular weight excluding hydrogens is 214 g/mol. The predicted molar refractivity (Wildman–Crippen MR) is 66.7 cm³/mol. The van der Waals surface area contributed by atoms with E-state index in [1.807, 2.05) is 0 Å². The number of rotatable bonds is 4. The Labute approximate surface area is 103 Å². The monoisotopic (exact) mass is 237 g/mol. The number of hydrogen-bond acceptors (Lipinski definition) is 3. The van der Waals surface area contributed by atoms with E-state index in [9.17, 15) is 5.11 Å². The summed E-state index contributed by atoms with van der Waals surface area (Å²) in [6.45, 7) is 2.87. The van der Waals surface area contributed by atoms with E-state index < -0.39 is 0 Å². The van der Waals surface area contributed by atoms with Crippen LogP contribution < -0.4 is 5.32 Å². The molecule has 0 radical (unpaired) electrons. The van der Waals surface area contributed by atoms with Gasteiger partial charge in [0.25, 0.3) is 0 Å². The van der Waals surface area contributed by atoms with Gasteiger partial charge in [0.1, 0.15) is 0 Å². The van der Waals surface area contributed by atoms with Gasteiger partial charge < -0.3 is 15.2 Å². The van der Waals surface area contributed by atoms with Crippen molar-refractivity contribution in [2.24, 2.45) is 17.8 Å². The minimum atomic E-state index is -0.0657. The maximum Gasteiger partial charge on any atom is 0.0615 e. The first-order chi connectivity index (χ1) is 8.31. The van der Waals surface area contributed by atoms with Crippen molar-refractivity contribution in [1.29, 1.82) is 0 Å². The first-order valence-corrected chi connectivity index (χ1v) is 6.93. The zero-order valence-corrected chi connectivity index (χ0v) is 10.4. The zero-order chi connectivity index (χ0) is 11.7. The highest BCUT2D eigenvalue weighted by Gasteiger charge is 2.38. The van der Waals surface area contributed by atoms with Crippen molar-refractivity contribution >= 4 is 0 Å². The van der Waals surface area contributed by atoms with Crippen LogP contribution in [-0.4, -0.2) is 37.0 Å². The third-order valence-electron chi connectivity index (χ3n) is 4.91. The van der Waals surface area contributed by atoms with E-state index in [1.54, 1.807) is 0 Å². The molecule has 3 aliphatic rings. The molecule has 0 aromatic heterocycles. The molecule has 3 nitrogen and oxygen atoms in total. The van der Waals surface area contributed by atoms with Gasteiger partial charge in [-0.15, -0.1) is 0 Å². The van der Waals surface area contributed by atoms with Gasteiger partial charge in [0.2, 0.25) is 0 Å². The number of aliphatic hydroxyl groups is 1. The van der Waals surface area contributed by atoms with Crippen molar-refractivity contribution in [3.05, 3.63) is 12.2 Å². The highest BCUT2D eigenvalue weighted by molar-refractivity contribution is 5.10. The normalized spacial score (nSPS) is 38.8. The van der Waals surface area contributed by atoms with Gasteiger partial charge in [-0.2, -0.15) is 0 Å². The first-order valence-electron chi connectivity index (χ1n) is 6.93. The largest absolute Gasteiger partial charge is 0.394 e. The summed E-state index contributed by atoms with van der Waals surface area (Å²) in [4.78, 5) is 0. The van der Waals surface area contributed by atoms with Crippen LogP contribution in [0.25, 0.3) is 0 Å². The van der Waals surface area contributed by atoms with Crippen molar-refractivity contribution in [1.82, 2.24) is 5.32 Å². The Morgan fingerprint density at radius 1 is 1.24 bits per heavy atom. The third kappa shape index (κ3) is 2.28. The molecule has 0 aromatic rings. The number of nitrogens with one attached hydrogen (secondary N) is 1. The number of fused-ring (bicyclic) bond motifs is 2. The van der Waals surface area contributed by atoms with E-state index in [1.165, 1.54) is 12.8 Å². The summed E-state index contributed by atoms with van der Waals surface area (Å²) < 4.78 is 5.39. The van der Waals surface area contributed by atoms with Gasteiger partial charge in [-0.3, -0.25) is 0 Å². The fourth-order valence-corrected chi connectivity index (χ4v) is 3.63. The van der Waals surface area contributed by atoms with E-state index in [2.05, 4.69) is 17.5 Å². The highest BCUT2D eigenvalue weighted by Crippen LogP contribution is 2.43. The molecule has 2 fully saturated rings. The molecule has 2 bridgehead atoms. The van der Waals surface area contributed by atoms with Crippen LogP contribution in [0.15, 0.2) is 12.2 Å². The Morgan fingerprint density at radius 2 is 2.06 bits per heavy atom. The second-order valence-corrected chi connectivity index (χ2v) is 5.97. The molecule has 96 valence electrons. The summed E-state index contributed by atoms with van der Waals surface area (Å²) in [5, 5.41) is 13.3. The molecule has 2 N–H and O–H groups in total. The van der Waals surface area contributed by atoms with Crippen molar-refractivity contribution in [3.8, 4) is 0 Å². The maximum absolute atomic E-state index is 9.62. The second kappa shape index (κ2) is 4.71. The standard InChI is InChI=1S/C14H23NO2/c16-10-14(3-5-17-6-4-14)15-9-13-8-11-1-2-12(13)7-11/h1-2,11-13,15-16H,3-10H2/t11-,12-,13-/m0/s1. The van der Waals surface area contributed by atoms with Crippen LogP contribution in [0.5, 0.6) is 0 Å². The molecule has 1 heterocycles. The number of ether oxygens (including phenoxy) is 1. The Bertz CT molecular complexity index is 297. The first kappa shape index (κ1) is 11.7. The lowest BCUT2D eigenvalue weighted by Gasteiger charge is -2.38. The molecule has 2 aliphatic carbocycles. The Kier molecular flexibility index (Phi) is 3.24. The second-order valence-electron chi connectivity index (χ2n) is 5.97. The van der Waals surface area contributed by atoms with Crippen LogP contribution >= 0.6 is 0 Å². The van der Waals surface area contributed by atoms with Gasteiger partial charge in [0.15, 0.2) is 0 Å². The predicted octanol–water partition coefficient (Wildman–Crippen LogP) is 1.33. The summed E-state index contributed by atoms with van der Waals surface area (Å²) in [6, 6.07) is 0. The van der Waals surface area contributed by atoms with Gasteiger partial charge in [-0.05, 0) is 50.0 Å². The fraction of sp³-hybridized carbons (Fsp3) is 0.857. The lowest BCUT2D eigenvalue weighted by Crippen LogP contribution is -2.53. The Hall–Kier alpha value is -0.380. The molecule has 17 heavy (non-hydrogen) atoms. The quantitative estimate of drug-likeness (QED) is 0.725. The molecule has 3 rings (SSSR count). The molecule has 0 spiro atoms. The summed E-state index contributed by atoms with van der Waals surface area (Å²) in [5.74, 6) is 2.42. The van der Waals surface area contributed by atoms with Crippen molar-refractivity contribution in [2.75, 3.05) is 26.4 Å². The Balaban J connectivity index is 1.54. The molecule has 3 atom stereocenters. The van der Waals surface area contributed by atoms with E-state index in [0.717, 1.165) is 50.4 Å². The zero-order valence-electron chi connectivity index (χ0n) is 10.4. The van der Waals surface area contributed by atoms with Gasteiger partial charge in [-0.1, -0.05) is 12.2 Å². The van der Waals surface area contributed by atoms with E-state index >= 15 is 0 Å². The van der Waals surface area contributed by atoms with Crippen LogP contribution in [-0.2, 0) is 4.74 Å². The SMILES string of the molecule is OCC1(NC[C@@H]2C[C@H]3C=C[C@H]2C3)CCOCC1. The molecule has 0 unspecified atom stereocenters. The average Bonchev–Trinajstić information content (AvgIpc) is 3.00. The maximum atomic E-state index is 9.62. The molecule has 3 heteroatoms. The summed E-state index contributed by atoms with van der Waals surface area (Å²) in [6.07, 6.45) is 9.38. The van der Waals surface area contributed by atoms with Crippen molar-refractivity contribution in [3.63, 3.8) is 0 Å². The molecule has 1 aliphatic heterocycles. The molecular formula is C14H23NO2. The molecule has 0 aromatic carbocycles. The van der Waals surface area contributed by atoms with Gasteiger partial charge in [-0.25, -0.2) is 0 Å². The number of aliphatic hydroxyl groups excluding tert-OH is 1. The summed E-state index contributed by atoms with van der Waals surface area (Å²) >= 11 is 0. The van der Waals surface area contributed by atoms with Gasteiger partial charge in [0.05, 0.1) is 6.61 Å². The summed E-state index contributed by atoms with van der Waals surface area (Å²) in [7, 11) is 0. The van der Waals surface area contributed by atoms with E-state index in [-0.39, 0.29) is 12.1 Å². The van der Waals surface area contributed by atoms with Crippen molar-refractivity contribution in [2.45, 2.75) is 31.2 Å². The molecule has 1 saturated carbocycles. The third-order valence-corrected chi connectivity index (χ3v) is 4.91. The van der Waals surface area contributed by atoms with Crippen LogP contribution in [0.1, 0.15) is 25.7 Å². The minimum Gasteiger partial charge on any atom is -0.394 e. The van der Waals surface area contributed by atoms with Crippen LogP contribution in [0.4, 0.5) is 0 Å². The van der Waals surface area contributed by atoms with E-state index in [0.29, 0.717) is 0 Å². The number of allylic oxidation sites excluding steroid dienone is 2. The summed E-state index contributed by atoms with van der Waals surface area (Å²) in [5.41, 5.74) is -0.0657. The smallest absolute Gasteiger partial charge is 0.0615 e. The van der Waals surface area contributed by atoms with Gasteiger partial charge >= 0.3 is 0 Å². The molecule has 1 saturated heterocycles. The van der Waals surface area contributed by atoms with Crippen LogP contribution in [0, 0.1) is 17.8 Å². The average molecular weight is 237 g/mol. The Morgan fingerprint density at radius 3 is 2.65 bits per heavy atom. The van der Waals surface area contributed by atoms with E-state index in [4.69, 9.17) is 4.74 Å². The highest BCUT2D eigenvalue weighted by atomic mass is 16.5. The lowest BCUT2D eigenvalue weighted by atomic mass is 9.88. The van der Waals surface area contributed by atoms with Crippen molar-refractivity contribution < 1.29 is 9.84 Å². The van der Waals surface area contributed by atoms with Crippen LogP contribution in [0.3, 0.4) is 0 Å². The minimum absolute atomic E-state index is 0.0657. The van der Waals surface area contributed by atoms with Gasteiger partial charge in [0, 0.05) is 18.8 Å². The fourth-order valence-electron chi connectivity index (χ4n) is 3.63. The number of hydrogen-bond donors (Lipinski definition) is 2. The lowest BCUT2D eigenvalue weighted by molar-refractivity contribution is 0.00988. The van der Waals surface area contributed by atoms with Crippen LogP contribution in [0.2, 0.25) is 0 Å². The molecule has 0 amide bonds. The topological polar surface area (TPSA) is 41.5 Å².